The first-order valence-corrected chi connectivity index (χ1v) is 7.87. The lowest BCUT2D eigenvalue weighted by Gasteiger charge is -2.05. The SMILES string of the molecule is O=c1[nH]c2nnc(COc3ccc(Cl)cc3)n2nc1-c1ccccc1. The Balaban J connectivity index is 1.68. The number of aromatic nitrogens is 5. The Labute approximate surface area is 146 Å². The molecule has 0 aliphatic heterocycles. The molecule has 0 fully saturated rings. The van der Waals surface area contributed by atoms with E-state index in [9.17, 15) is 4.79 Å². The number of rotatable bonds is 4. The van der Waals surface area contributed by atoms with Crippen molar-refractivity contribution in [1.29, 1.82) is 0 Å². The van der Waals surface area contributed by atoms with Crippen molar-refractivity contribution in [2.24, 2.45) is 0 Å². The first kappa shape index (κ1) is 15.3. The minimum absolute atomic E-state index is 0.149. The molecule has 25 heavy (non-hydrogen) atoms. The van der Waals surface area contributed by atoms with Gasteiger partial charge in [-0.05, 0) is 24.3 Å². The van der Waals surface area contributed by atoms with E-state index in [0.717, 1.165) is 0 Å². The Kier molecular flexibility index (Phi) is 3.91. The molecule has 2 heterocycles. The van der Waals surface area contributed by atoms with Crippen LogP contribution in [0, 0.1) is 0 Å². The van der Waals surface area contributed by atoms with E-state index in [1.807, 2.05) is 30.3 Å². The van der Waals surface area contributed by atoms with Crippen molar-refractivity contribution in [2.45, 2.75) is 6.61 Å². The van der Waals surface area contributed by atoms with Crippen LogP contribution in [0.4, 0.5) is 0 Å². The molecule has 0 amide bonds. The first-order valence-electron chi connectivity index (χ1n) is 7.49. The van der Waals surface area contributed by atoms with Gasteiger partial charge in [0.2, 0.25) is 0 Å². The van der Waals surface area contributed by atoms with Crippen LogP contribution in [0.1, 0.15) is 5.82 Å². The minimum atomic E-state index is -0.323. The molecule has 8 heteroatoms. The van der Waals surface area contributed by atoms with Gasteiger partial charge in [0.05, 0.1) is 0 Å². The van der Waals surface area contributed by atoms with Crippen LogP contribution < -0.4 is 10.3 Å². The number of aromatic amines is 1. The first-order chi connectivity index (χ1) is 12.2. The van der Waals surface area contributed by atoms with Gasteiger partial charge in [-0.15, -0.1) is 10.2 Å². The molecule has 0 aliphatic carbocycles. The highest BCUT2D eigenvalue weighted by Crippen LogP contribution is 2.17. The summed E-state index contributed by atoms with van der Waals surface area (Å²) < 4.78 is 7.15. The van der Waals surface area contributed by atoms with Gasteiger partial charge in [0, 0.05) is 10.6 Å². The molecule has 0 saturated heterocycles. The van der Waals surface area contributed by atoms with E-state index < -0.39 is 0 Å². The van der Waals surface area contributed by atoms with Crippen molar-refractivity contribution in [3.8, 4) is 17.0 Å². The molecular weight excluding hydrogens is 342 g/mol. The van der Waals surface area contributed by atoms with Gasteiger partial charge >= 0.3 is 0 Å². The van der Waals surface area contributed by atoms with E-state index in [1.165, 1.54) is 4.52 Å². The van der Waals surface area contributed by atoms with Crippen LogP contribution in [0.25, 0.3) is 17.0 Å². The van der Waals surface area contributed by atoms with Gasteiger partial charge in [0.1, 0.15) is 12.4 Å². The smallest absolute Gasteiger partial charge is 0.279 e. The third-order valence-electron chi connectivity index (χ3n) is 3.57. The van der Waals surface area contributed by atoms with Crippen molar-refractivity contribution in [3.63, 3.8) is 0 Å². The molecule has 4 aromatic rings. The maximum absolute atomic E-state index is 12.2. The van der Waals surface area contributed by atoms with Crippen molar-refractivity contribution >= 4 is 17.4 Å². The third kappa shape index (κ3) is 3.09. The number of fused-ring (bicyclic) bond motifs is 1. The van der Waals surface area contributed by atoms with Crippen LogP contribution in [0.15, 0.2) is 59.4 Å². The van der Waals surface area contributed by atoms with Crippen molar-refractivity contribution in [3.05, 3.63) is 75.8 Å². The van der Waals surface area contributed by atoms with Crippen LogP contribution >= 0.6 is 11.6 Å². The van der Waals surface area contributed by atoms with E-state index in [4.69, 9.17) is 16.3 Å². The molecule has 7 nitrogen and oxygen atoms in total. The van der Waals surface area contributed by atoms with Gasteiger partial charge in [-0.3, -0.25) is 9.78 Å². The summed E-state index contributed by atoms with van der Waals surface area (Å²) in [4.78, 5) is 14.9. The lowest BCUT2D eigenvalue weighted by molar-refractivity contribution is 0.292. The molecule has 0 atom stereocenters. The molecule has 0 bridgehead atoms. The average Bonchev–Trinajstić information content (AvgIpc) is 3.03. The van der Waals surface area contributed by atoms with Crippen LogP contribution in [-0.4, -0.2) is 24.8 Å². The van der Waals surface area contributed by atoms with Gasteiger partial charge < -0.3 is 4.74 Å². The van der Waals surface area contributed by atoms with Crippen LogP contribution in [0.5, 0.6) is 5.75 Å². The number of ether oxygens (including phenoxy) is 1. The molecule has 0 radical (unpaired) electrons. The van der Waals surface area contributed by atoms with E-state index in [1.54, 1.807) is 24.3 Å². The molecule has 1 N–H and O–H groups in total. The Morgan fingerprint density at radius 1 is 1.04 bits per heavy atom. The zero-order valence-corrected chi connectivity index (χ0v) is 13.6. The summed E-state index contributed by atoms with van der Waals surface area (Å²) >= 11 is 5.85. The average molecular weight is 354 g/mol. The molecule has 4 rings (SSSR count). The fourth-order valence-electron chi connectivity index (χ4n) is 2.35. The summed E-state index contributed by atoms with van der Waals surface area (Å²) in [5.41, 5.74) is 0.681. The highest BCUT2D eigenvalue weighted by atomic mass is 35.5. The predicted octanol–water partition coefficient (Wildman–Crippen LogP) is 2.71. The largest absolute Gasteiger partial charge is 0.486 e. The fourth-order valence-corrected chi connectivity index (χ4v) is 2.48. The number of benzene rings is 2. The number of nitrogens with one attached hydrogen (secondary N) is 1. The summed E-state index contributed by atoms with van der Waals surface area (Å²) in [5, 5.41) is 13.0. The second-order valence-electron chi connectivity index (χ2n) is 5.26. The van der Waals surface area contributed by atoms with Crippen LogP contribution in [0.3, 0.4) is 0 Å². The normalized spacial score (nSPS) is 10.9. The molecule has 2 aromatic heterocycles. The third-order valence-corrected chi connectivity index (χ3v) is 3.83. The standard InChI is InChI=1S/C17H12ClN5O2/c18-12-6-8-13(9-7-12)25-10-14-20-21-17-19-16(24)15(22-23(14)17)11-4-2-1-3-5-11/h1-9H,10H2,(H,19,21,24). The zero-order valence-electron chi connectivity index (χ0n) is 12.9. The summed E-state index contributed by atoms with van der Waals surface area (Å²) in [5.74, 6) is 1.38. The summed E-state index contributed by atoms with van der Waals surface area (Å²) in [7, 11) is 0. The summed E-state index contributed by atoms with van der Waals surface area (Å²) in [6, 6.07) is 16.2. The maximum atomic E-state index is 12.2. The Bertz CT molecular complexity index is 1070. The fraction of sp³-hybridized carbons (Fsp3) is 0.0588. The zero-order chi connectivity index (χ0) is 17.2. The molecule has 124 valence electrons. The second kappa shape index (κ2) is 6.37. The molecule has 0 spiro atoms. The number of nitrogens with zero attached hydrogens (tertiary/aromatic N) is 4. The van der Waals surface area contributed by atoms with Crippen LogP contribution in [0.2, 0.25) is 5.02 Å². The van der Waals surface area contributed by atoms with E-state index in [2.05, 4.69) is 20.3 Å². The van der Waals surface area contributed by atoms with E-state index in [-0.39, 0.29) is 17.9 Å². The monoisotopic (exact) mass is 353 g/mol. The summed E-state index contributed by atoms with van der Waals surface area (Å²) in [6.45, 7) is 0.149. The number of hydrogen-bond donors (Lipinski definition) is 1. The van der Waals surface area contributed by atoms with E-state index >= 15 is 0 Å². The van der Waals surface area contributed by atoms with Gasteiger partial charge in [-0.2, -0.15) is 9.61 Å². The van der Waals surface area contributed by atoms with E-state index in [0.29, 0.717) is 27.9 Å². The van der Waals surface area contributed by atoms with Crippen molar-refractivity contribution < 1.29 is 4.74 Å². The van der Waals surface area contributed by atoms with Crippen molar-refractivity contribution in [1.82, 2.24) is 24.8 Å². The topological polar surface area (TPSA) is 85.2 Å². The minimum Gasteiger partial charge on any atom is -0.486 e. The van der Waals surface area contributed by atoms with Crippen LogP contribution in [-0.2, 0) is 6.61 Å². The van der Waals surface area contributed by atoms with Gasteiger partial charge in [-0.25, -0.2) is 0 Å². The molecule has 0 saturated carbocycles. The summed E-state index contributed by atoms with van der Waals surface area (Å²) in [6.07, 6.45) is 0. The predicted molar refractivity (Wildman–Crippen MR) is 92.6 cm³/mol. The van der Waals surface area contributed by atoms with Crippen molar-refractivity contribution in [2.75, 3.05) is 0 Å². The maximum Gasteiger partial charge on any atom is 0.279 e. The quantitative estimate of drug-likeness (QED) is 0.609. The Morgan fingerprint density at radius 3 is 2.56 bits per heavy atom. The lowest BCUT2D eigenvalue weighted by atomic mass is 10.2. The molecular formula is C17H12ClN5O2. The highest BCUT2D eigenvalue weighted by Gasteiger charge is 2.13. The van der Waals surface area contributed by atoms with Gasteiger partial charge in [-0.1, -0.05) is 41.9 Å². The molecule has 2 aromatic carbocycles. The van der Waals surface area contributed by atoms with Gasteiger partial charge in [0.15, 0.2) is 11.5 Å². The van der Waals surface area contributed by atoms with Gasteiger partial charge in [0.25, 0.3) is 11.3 Å². The number of hydrogen-bond acceptors (Lipinski definition) is 5. The second-order valence-corrected chi connectivity index (χ2v) is 5.70. The highest BCUT2D eigenvalue weighted by molar-refractivity contribution is 6.30. The molecule has 0 unspecified atom stereocenters. The Morgan fingerprint density at radius 2 is 1.80 bits per heavy atom. The molecule has 0 aliphatic rings. The Hall–Kier alpha value is -3.19. The lowest BCUT2D eigenvalue weighted by Crippen LogP contribution is -2.16. The number of halogens is 1. The number of H-pyrrole nitrogens is 1.